The molecule has 1 amide bonds. The minimum Gasteiger partial charge on any atom is -0.353 e. The summed E-state index contributed by atoms with van der Waals surface area (Å²) in [5, 5.41) is 3.37. The molecule has 3 nitrogen and oxygen atoms in total. The summed E-state index contributed by atoms with van der Waals surface area (Å²) in [5.41, 5.74) is 6.65. The number of nitrogens with two attached hydrogens (primary N) is 1. The van der Waals surface area contributed by atoms with Crippen molar-refractivity contribution in [2.24, 2.45) is 27.9 Å². The summed E-state index contributed by atoms with van der Waals surface area (Å²) < 4.78 is 0. The Morgan fingerprint density at radius 1 is 1.25 bits per heavy atom. The van der Waals surface area contributed by atoms with E-state index in [2.05, 4.69) is 26.1 Å². The van der Waals surface area contributed by atoms with Gasteiger partial charge in [-0.05, 0) is 60.8 Å². The number of rotatable bonds is 4. The molecular formula is C17H30N2O. The van der Waals surface area contributed by atoms with Gasteiger partial charge >= 0.3 is 0 Å². The standard InChI is InChI=1S/C17H30N2O/c1-15(2)12-5-8-16(15,3)13(9-12)19-14(20)10-17(11-18)6-4-7-17/h12-13H,4-11,18H2,1-3H3,(H,19,20). The van der Waals surface area contributed by atoms with Gasteiger partial charge in [-0.15, -0.1) is 0 Å². The Morgan fingerprint density at radius 3 is 2.35 bits per heavy atom. The Balaban J connectivity index is 1.63. The van der Waals surface area contributed by atoms with Crippen LogP contribution in [0.4, 0.5) is 0 Å². The summed E-state index contributed by atoms with van der Waals surface area (Å²) >= 11 is 0. The molecule has 0 heterocycles. The van der Waals surface area contributed by atoms with Gasteiger partial charge in [-0.3, -0.25) is 4.79 Å². The van der Waals surface area contributed by atoms with Crippen LogP contribution >= 0.6 is 0 Å². The van der Waals surface area contributed by atoms with Gasteiger partial charge in [0.05, 0.1) is 0 Å². The van der Waals surface area contributed by atoms with E-state index in [1.54, 1.807) is 0 Å². The van der Waals surface area contributed by atoms with Gasteiger partial charge < -0.3 is 11.1 Å². The second-order valence-electron chi connectivity index (χ2n) is 8.47. The Kier molecular flexibility index (Phi) is 3.20. The van der Waals surface area contributed by atoms with Crippen LogP contribution in [-0.2, 0) is 4.79 Å². The highest BCUT2D eigenvalue weighted by Crippen LogP contribution is 2.65. The third-order valence-corrected chi connectivity index (χ3v) is 7.51. The van der Waals surface area contributed by atoms with Crippen molar-refractivity contribution in [3.8, 4) is 0 Å². The molecule has 3 saturated carbocycles. The van der Waals surface area contributed by atoms with Gasteiger partial charge in [0.15, 0.2) is 0 Å². The van der Waals surface area contributed by atoms with Crippen molar-refractivity contribution in [1.82, 2.24) is 5.32 Å². The monoisotopic (exact) mass is 278 g/mol. The van der Waals surface area contributed by atoms with Gasteiger partial charge in [-0.25, -0.2) is 0 Å². The van der Waals surface area contributed by atoms with Gasteiger partial charge in [0.1, 0.15) is 0 Å². The lowest BCUT2D eigenvalue weighted by atomic mass is 9.66. The average molecular weight is 278 g/mol. The highest BCUT2D eigenvalue weighted by atomic mass is 16.1. The Bertz CT molecular complexity index is 408. The maximum absolute atomic E-state index is 12.4. The van der Waals surface area contributed by atoms with Crippen molar-refractivity contribution < 1.29 is 4.79 Å². The summed E-state index contributed by atoms with van der Waals surface area (Å²) in [7, 11) is 0. The summed E-state index contributed by atoms with van der Waals surface area (Å²) in [6.45, 7) is 7.83. The van der Waals surface area contributed by atoms with Gasteiger partial charge in [0.25, 0.3) is 0 Å². The lowest BCUT2D eigenvalue weighted by Gasteiger charge is -2.42. The molecule has 0 aliphatic heterocycles. The molecule has 3 heteroatoms. The third kappa shape index (κ3) is 1.85. The topological polar surface area (TPSA) is 55.1 Å². The zero-order valence-electron chi connectivity index (χ0n) is 13.3. The normalized spacial score (nSPS) is 40.4. The number of nitrogens with one attached hydrogen (secondary N) is 1. The van der Waals surface area contributed by atoms with Crippen LogP contribution in [0.5, 0.6) is 0 Å². The lowest BCUT2D eigenvalue weighted by Crippen LogP contribution is -2.49. The van der Waals surface area contributed by atoms with Crippen molar-refractivity contribution in [2.45, 2.75) is 71.8 Å². The van der Waals surface area contributed by atoms with Crippen LogP contribution in [0.1, 0.15) is 65.7 Å². The van der Waals surface area contributed by atoms with Crippen molar-refractivity contribution in [1.29, 1.82) is 0 Å². The van der Waals surface area contributed by atoms with Crippen LogP contribution in [0, 0.1) is 22.2 Å². The quantitative estimate of drug-likeness (QED) is 0.831. The van der Waals surface area contributed by atoms with Crippen LogP contribution < -0.4 is 11.1 Å². The molecule has 0 aromatic heterocycles. The minimum atomic E-state index is 0.123. The number of carbonyl (C=O) groups excluding carboxylic acids is 1. The van der Waals surface area contributed by atoms with Crippen LogP contribution in [0.15, 0.2) is 0 Å². The maximum atomic E-state index is 12.4. The largest absolute Gasteiger partial charge is 0.353 e. The lowest BCUT2D eigenvalue weighted by molar-refractivity contribution is -0.126. The summed E-state index contributed by atoms with van der Waals surface area (Å²) in [6.07, 6.45) is 7.91. The zero-order valence-corrected chi connectivity index (χ0v) is 13.3. The molecule has 3 unspecified atom stereocenters. The molecule has 3 aliphatic rings. The predicted molar refractivity (Wildman–Crippen MR) is 81.1 cm³/mol. The fraction of sp³-hybridized carbons (Fsp3) is 0.941. The van der Waals surface area contributed by atoms with Crippen LogP contribution in [0.2, 0.25) is 0 Å². The van der Waals surface area contributed by atoms with E-state index in [1.807, 2.05) is 0 Å². The van der Waals surface area contributed by atoms with E-state index in [4.69, 9.17) is 5.73 Å². The van der Waals surface area contributed by atoms with Crippen LogP contribution in [-0.4, -0.2) is 18.5 Å². The van der Waals surface area contributed by atoms with E-state index < -0.39 is 0 Å². The SMILES string of the molecule is CC1(C)C2CCC1(C)C(NC(=O)CC1(CN)CCC1)C2. The van der Waals surface area contributed by atoms with Crippen molar-refractivity contribution in [3.63, 3.8) is 0 Å². The van der Waals surface area contributed by atoms with Crippen LogP contribution in [0.25, 0.3) is 0 Å². The average Bonchev–Trinajstić information content (AvgIpc) is 2.67. The summed E-state index contributed by atoms with van der Waals surface area (Å²) in [4.78, 5) is 12.4. The fourth-order valence-corrected chi connectivity index (χ4v) is 5.14. The van der Waals surface area contributed by atoms with E-state index in [0.29, 0.717) is 24.4 Å². The number of fused-ring (bicyclic) bond motifs is 2. The molecule has 3 N–H and O–H groups in total. The second-order valence-corrected chi connectivity index (χ2v) is 8.47. The molecule has 0 aromatic rings. The van der Waals surface area contributed by atoms with Gasteiger partial charge in [-0.1, -0.05) is 27.2 Å². The number of hydrogen-bond donors (Lipinski definition) is 2. The number of amides is 1. The van der Waals surface area contributed by atoms with E-state index in [1.165, 1.54) is 25.7 Å². The zero-order chi connectivity index (χ0) is 14.6. The molecule has 3 aliphatic carbocycles. The maximum Gasteiger partial charge on any atom is 0.220 e. The van der Waals surface area contributed by atoms with E-state index in [-0.39, 0.29) is 16.7 Å². The highest BCUT2D eigenvalue weighted by Gasteiger charge is 2.61. The molecule has 0 radical (unpaired) electrons. The first-order chi connectivity index (χ1) is 9.33. The van der Waals surface area contributed by atoms with Gasteiger partial charge in [0, 0.05) is 12.5 Å². The van der Waals surface area contributed by atoms with Crippen molar-refractivity contribution in [3.05, 3.63) is 0 Å². The van der Waals surface area contributed by atoms with E-state index in [9.17, 15) is 4.79 Å². The minimum absolute atomic E-state index is 0.123. The molecule has 3 fully saturated rings. The van der Waals surface area contributed by atoms with Gasteiger partial charge in [-0.2, -0.15) is 0 Å². The molecule has 3 atom stereocenters. The van der Waals surface area contributed by atoms with Crippen molar-refractivity contribution >= 4 is 5.91 Å². The predicted octanol–water partition coefficient (Wildman–Crippen LogP) is 2.84. The molecule has 0 spiro atoms. The Morgan fingerprint density at radius 2 is 1.95 bits per heavy atom. The van der Waals surface area contributed by atoms with E-state index >= 15 is 0 Å². The molecular weight excluding hydrogens is 248 g/mol. The number of hydrogen-bond acceptors (Lipinski definition) is 2. The van der Waals surface area contributed by atoms with Crippen LogP contribution in [0.3, 0.4) is 0 Å². The fourth-order valence-electron chi connectivity index (χ4n) is 5.14. The molecule has 20 heavy (non-hydrogen) atoms. The first-order valence-corrected chi connectivity index (χ1v) is 8.32. The second kappa shape index (κ2) is 4.46. The highest BCUT2D eigenvalue weighted by molar-refractivity contribution is 5.77. The molecule has 0 saturated heterocycles. The Labute approximate surface area is 123 Å². The molecule has 0 aromatic carbocycles. The van der Waals surface area contributed by atoms with Crippen molar-refractivity contribution in [2.75, 3.05) is 6.54 Å². The first kappa shape index (κ1) is 14.4. The van der Waals surface area contributed by atoms with Gasteiger partial charge in [0.2, 0.25) is 5.91 Å². The first-order valence-electron chi connectivity index (χ1n) is 8.32. The smallest absolute Gasteiger partial charge is 0.220 e. The summed E-state index contributed by atoms with van der Waals surface area (Å²) in [5.74, 6) is 1.02. The molecule has 114 valence electrons. The molecule has 2 bridgehead atoms. The Hall–Kier alpha value is -0.570. The summed E-state index contributed by atoms with van der Waals surface area (Å²) in [6, 6.07) is 0.374. The molecule has 3 rings (SSSR count). The number of carbonyl (C=O) groups is 1. The third-order valence-electron chi connectivity index (χ3n) is 7.51. The van der Waals surface area contributed by atoms with E-state index in [0.717, 1.165) is 18.8 Å².